The Labute approximate surface area is 120 Å². The quantitative estimate of drug-likeness (QED) is 0.594. The molecular weight excluding hydrogens is 252 g/mol. The minimum Gasteiger partial charge on any atom is -0.490 e. The largest absolute Gasteiger partial charge is 0.490 e. The van der Waals surface area contributed by atoms with Crippen LogP contribution in [-0.2, 0) is 4.74 Å². The van der Waals surface area contributed by atoms with Crippen LogP contribution in [0.15, 0.2) is 24.3 Å². The van der Waals surface area contributed by atoms with Gasteiger partial charge in [0.25, 0.3) is 0 Å². The summed E-state index contributed by atoms with van der Waals surface area (Å²) in [5.74, 6) is 6.69. The van der Waals surface area contributed by atoms with E-state index in [9.17, 15) is 0 Å². The van der Waals surface area contributed by atoms with Crippen molar-refractivity contribution in [3.63, 3.8) is 0 Å². The van der Waals surface area contributed by atoms with E-state index in [2.05, 4.69) is 17.6 Å². The molecule has 2 saturated carbocycles. The fourth-order valence-corrected chi connectivity index (χ4v) is 2.86. The maximum atomic E-state index is 5.77. The number of hydrazine groups is 1. The van der Waals surface area contributed by atoms with Gasteiger partial charge in [0.2, 0.25) is 0 Å². The second-order valence-electron chi connectivity index (χ2n) is 6.05. The lowest BCUT2D eigenvalue weighted by Crippen LogP contribution is -2.44. The number of ether oxygens (including phenoxy) is 2. The molecule has 1 unspecified atom stereocenters. The summed E-state index contributed by atoms with van der Waals surface area (Å²) >= 11 is 0. The minimum absolute atomic E-state index is 0.0141. The highest BCUT2D eigenvalue weighted by atomic mass is 16.5. The van der Waals surface area contributed by atoms with Gasteiger partial charge in [0.1, 0.15) is 5.75 Å². The first-order valence-electron chi connectivity index (χ1n) is 7.52. The fourth-order valence-electron chi connectivity index (χ4n) is 2.86. The number of hydrogen-bond donors (Lipinski definition) is 2. The molecule has 0 aromatic heterocycles. The Morgan fingerprint density at radius 1 is 1.30 bits per heavy atom. The third kappa shape index (κ3) is 2.97. The highest BCUT2D eigenvalue weighted by Crippen LogP contribution is 2.41. The number of hydrogen-bond acceptors (Lipinski definition) is 4. The second-order valence-corrected chi connectivity index (χ2v) is 6.05. The highest BCUT2D eigenvalue weighted by molar-refractivity contribution is 5.30. The zero-order chi connectivity index (χ0) is 14.0. The van der Waals surface area contributed by atoms with Crippen LogP contribution < -0.4 is 16.0 Å². The molecule has 0 bridgehead atoms. The van der Waals surface area contributed by atoms with E-state index in [-0.39, 0.29) is 11.6 Å². The molecule has 1 atom stereocenters. The molecule has 3 N–H and O–H groups in total. The fraction of sp³-hybridized carbons (Fsp3) is 0.625. The molecule has 0 heterocycles. The maximum absolute atomic E-state index is 5.77. The van der Waals surface area contributed by atoms with Gasteiger partial charge in [-0.1, -0.05) is 12.1 Å². The van der Waals surface area contributed by atoms with Crippen LogP contribution in [-0.4, -0.2) is 18.8 Å². The summed E-state index contributed by atoms with van der Waals surface area (Å²) in [6.45, 7) is 0. The van der Waals surface area contributed by atoms with Crippen molar-refractivity contribution in [1.82, 2.24) is 5.43 Å². The number of methoxy groups -OCH3 is 1. The molecule has 2 aliphatic carbocycles. The van der Waals surface area contributed by atoms with Gasteiger partial charge in [-0.2, -0.15) is 0 Å². The SMILES string of the molecule is COC1(CC(NN)c2ccc(OC3CC3)cc2)CCC1. The van der Waals surface area contributed by atoms with Crippen molar-refractivity contribution in [2.75, 3.05) is 7.11 Å². The summed E-state index contributed by atoms with van der Waals surface area (Å²) < 4.78 is 11.5. The first-order chi connectivity index (χ1) is 9.74. The van der Waals surface area contributed by atoms with E-state index in [4.69, 9.17) is 15.3 Å². The lowest BCUT2D eigenvalue weighted by atomic mass is 9.75. The van der Waals surface area contributed by atoms with Gasteiger partial charge in [0.05, 0.1) is 11.7 Å². The van der Waals surface area contributed by atoms with E-state index < -0.39 is 0 Å². The van der Waals surface area contributed by atoms with Crippen LogP contribution in [0, 0.1) is 0 Å². The van der Waals surface area contributed by atoms with Crippen LogP contribution in [0.1, 0.15) is 50.1 Å². The zero-order valence-corrected chi connectivity index (χ0v) is 12.1. The minimum atomic E-state index is 0.0141. The van der Waals surface area contributed by atoms with Crippen molar-refractivity contribution in [3.05, 3.63) is 29.8 Å². The molecule has 2 fully saturated rings. The van der Waals surface area contributed by atoms with Crippen LogP contribution >= 0.6 is 0 Å². The maximum Gasteiger partial charge on any atom is 0.119 e. The zero-order valence-electron chi connectivity index (χ0n) is 12.1. The van der Waals surface area contributed by atoms with Crippen molar-refractivity contribution in [1.29, 1.82) is 0 Å². The van der Waals surface area contributed by atoms with Crippen LogP contribution in [0.5, 0.6) is 5.75 Å². The highest BCUT2D eigenvalue weighted by Gasteiger charge is 2.39. The summed E-state index contributed by atoms with van der Waals surface area (Å²) in [4.78, 5) is 0. The van der Waals surface area contributed by atoms with Crippen LogP contribution in [0.2, 0.25) is 0 Å². The molecule has 1 aromatic carbocycles. The van der Waals surface area contributed by atoms with Crippen LogP contribution in [0.3, 0.4) is 0 Å². The van der Waals surface area contributed by atoms with Crippen LogP contribution in [0.25, 0.3) is 0 Å². The molecule has 2 aliphatic rings. The van der Waals surface area contributed by atoms with Crippen molar-refractivity contribution in [2.45, 2.75) is 56.3 Å². The van der Waals surface area contributed by atoms with Gasteiger partial charge in [-0.05, 0) is 56.2 Å². The Hall–Kier alpha value is -1.10. The van der Waals surface area contributed by atoms with Gasteiger partial charge in [0.15, 0.2) is 0 Å². The van der Waals surface area contributed by atoms with Gasteiger partial charge in [0, 0.05) is 13.2 Å². The molecule has 1 aromatic rings. The second kappa shape index (κ2) is 5.72. The average molecular weight is 276 g/mol. The molecular formula is C16H24N2O2. The monoisotopic (exact) mass is 276 g/mol. The summed E-state index contributed by atoms with van der Waals surface area (Å²) in [7, 11) is 1.80. The summed E-state index contributed by atoms with van der Waals surface area (Å²) in [5, 5.41) is 0. The van der Waals surface area contributed by atoms with Gasteiger partial charge < -0.3 is 9.47 Å². The van der Waals surface area contributed by atoms with Gasteiger partial charge in [-0.3, -0.25) is 11.3 Å². The third-order valence-corrected chi connectivity index (χ3v) is 4.58. The summed E-state index contributed by atoms with van der Waals surface area (Å²) in [6.07, 6.45) is 7.24. The van der Waals surface area contributed by atoms with E-state index in [1.54, 1.807) is 7.11 Å². The van der Waals surface area contributed by atoms with Crippen LogP contribution in [0.4, 0.5) is 0 Å². The topological polar surface area (TPSA) is 56.5 Å². The number of benzene rings is 1. The first kappa shape index (κ1) is 13.9. The Morgan fingerprint density at radius 2 is 2.00 bits per heavy atom. The molecule has 3 rings (SSSR count). The van der Waals surface area contributed by atoms with E-state index >= 15 is 0 Å². The van der Waals surface area contributed by atoms with E-state index in [1.807, 2.05) is 12.1 Å². The molecule has 0 spiro atoms. The lowest BCUT2D eigenvalue weighted by Gasteiger charge is -2.42. The standard InChI is InChI=1S/C16H24N2O2/c1-19-16(9-2-10-16)11-15(18-17)12-3-5-13(6-4-12)20-14-7-8-14/h3-6,14-15,18H,2,7-11,17H2,1H3. The molecule has 4 nitrogen and oxygen atoms in total. The van der Waals surface area contributed by atoms with E-state index in [0.29, 0.717) is 6.10 Å². The van der Waals surface area contributed by atoms with E-state index in [0.717, 1.165) is 25.0 Å². The van der Waals surface area contributed by atoms with Gasteiger partial charge in [-0.15, -0.1) is 0 Å². The van der Waals surface area contributed by atoms with E-state index in [1.165, 1.54) is 24.8 Å². The lowest BCUT2D eigenvalue weighted by molar-refractivity contribution is -0.0838. The predicted molar refractivity (Wildman–Crippen MR) is 78.4 cm³/mol. The number of rotatable bonds is 7. The Balaban J connectivity index is 1.65. The summed E-state index contributed by atoms with van der Waals surface area (Å²) in [5.41, 5.74) is 4.14. The number of nitrogens with one attached hydrogen (secondary N) is 1. The third-order valence-electron chi connectivity index (χ3n) is 4.58. The molecule has 0 saturated heterocycles. The van der Waals surface area contributed by atoms with Crippen molar-refractivity contribution in [2.24, 2.45) is 5.84 Å². The predicted octanol–water partition coefficient (Wildman–Crippen LogP) is 2.69. The Morgan fingerprint density at radius 3 is 2.45 bits per heavy atom. The molecule has 0 aliphatic heterocycles. The molecule has 0 radical (unpaired) electrons. The molecule has 0 amide bonds. The smallest absolute Gasteiger partial charge is 0.119 e. The molecule has 4 heteroatoms. The number of nitrogens with two attached hydrogens (primary N) is 1. The summed E-state index contributed by atoms with van der Waals surface area (Å²) in [6, 6.07) is 8.41. The van der Waals surface area contributed by atoms with Crippen molar-refractivity contribution < 1.29 is 9.47 Å². The first-order valence-corrected chi connectivity index (χ1v) is 7.52. The average Bonchev–Trinajstić information content (AvgIpc) is 3.24. The van der Waals surface area contributed by atoms with Crippen molar-refractivity contribution >= 4 is 0 Å². The molecule has 110 valence electrons. The Kier molecular flexibility index (Phi) is 3.96. The molecule has 20 heavy (non-hydrogen) atoms. The Bertz CT molecular complexity index is 433. The van der Waals surface area contributed by atoms with Gasteiger partial charge >= 0.3 is 0 Å². The normalized spacial score (nSPS) is 22.1. The van der Waals surface area contributed by atoms with Gasteiger partial charge in [-0.25, -0.2) is 0 Å². The van der Waals surface area contributed by atoms with Crippen molar-refractivity contribution in [3.8, 4) is 5.75 Å².